The zero-order valence-corrected chi connectivity index (χ0v) is 6.10. The van der Waals surface area contributed by atoms with Crippen molar-refractivity contribution in [2.45, 2.75) is 24.3 Å². The van der Waals surface area contributed by atoms with Gasteiger partial charge in [-0.05, 0) is 0 Å². The normalized spacial score (nSPS) is 38.7. The molecule has 6 nitrogen and oxygen atoms in total. The average molecular weight is 168 g/mol. The van der Waals surface area contributed by atoms with Crippen LogP contribution in [0, 0.1) is 18.0 Å². The minimum atomic E-state index is -0.983. The number of nitrogens with one attached hydrogen (secondary N) is 2. The Hall–Kier alpha value is -1.50. The lowest BCUT2D eigenvalue weighted by molar-refractivity contribution is -0.100. The maximum absolute atomic E-state index is 9.10. The molecule has 0 aromatic heterocycles. The molecule has 1 rings (SSSR count). The third-order valence-corrected chi connectivity index (χ3v) is 1.92. The molecular weight excluding hydrogens is 160 g/mol. The maximum Gasteiger partial charge on any atom is 0.176 e. The van der Waals surface area contributed by atoms with Crippen LogP contribution in [-0.4, -0.2) is 34.5 Å². The molecule has 0 radical (unpaired) electrons. The Bertz CT molecular complexity index is 217. The molecule has 0 aliphatic heterocycles. The van der Waals surface area contributed by atoms with Crippen molar-refractivity contribution < 1.29 is 10.2 Å². The van der Waals surface area contributed by atoms with Gasteiger partial charge in [-0.3, -0.25) is 0 Å². The van der Waals surface area contributed by atoms with Gasteiger partial charge >= 0.3 is 0 Å². The molecule has 12 heavy (non-hydrogen) atoms. The number of rotatable bonds is 2. The van der Waals surface area contributed by atoms with Crippen LogP contribution in [-0.2, 0) is 0 Å². The molecule has 4 unspecified atom stereocenters. The SMILES string of the molecule is [C-]#[N+]NC1C(O)C(O)C1NC#N. The van der Waals surface area contributed by atoms with Crippen molar-refractivity contribution in [3.63, 3.8) is 0 Å². The fourth-order valence-corrected chi connectivity index (χ4v) is 1.19. The predicted molar refractivity (Wildman–Crippen MR) is 38.1 cm³/mol. The van der Waals surface area contributed by atoms with Crippen LogP contribution in [0.25, 0.3) is 4.95 Å². The summed E-state index contributed by atoms with van der Waals surface area (Å²) in [5, 5.41) is 28.7. The second kappa shape index (κ2) is 3.26. The van der Waals surface area contributed by atoms with Gasteiger partial charge in [0.2, 0.25) is 0 Å². The summed E-state index contributed by atoms with van der Waals surface area (Å²) in [4.78, 5) is 2.85. The molecule has 64 valence electrons. The van der Waals surface area contributed by atoms with Crippen LogP contribution < -0.4 is 10.7 Å². The van der Waals surface area contributed by atoms with Crippen molar-refractivity contribution in [3.8, 4) is 6.19 Å². The molecular formula is C6H8N4O2. The standard InChI is InChI=1S/C6H8N4O2/c1-8-10-4-3(9-2-7)5(11)6(4)12/h3-6,9-12H. The van der Waals surface area contributed by atoms with Crippen molar-refractivity contribution in [1.29, 1.82) is 5.26 Å². The number of aliphatic hydroxyl groups is 2. The highest BCUT2D eigenvalue weighted by Gasteiger charge is 2.51. The smallest absolute Gasteiger partial charge is 0.176 e. The second-order valence-corrected chi connectivity index (χ2v) is 2.53. The molecule has 0 bridgehead atoms. The van der Waals surface area contributed by atoms with Crippen molar-refractivity contribution in [2.24, 2.45) is 0 Å². The Morgan fingerprint density at radius 2 is 1.92 bits per heavy atom. The molecule has 1 aliphatic rings. The summed E-state index contributed by atoms with van der Waals surface area (Å²) >= 11 is 0. The first kappa shape index (κ1) is 8.60. The summed E-state index contributed by atoms with van der Waals surface area (Å²) in [6.45, 7) is 6.46. The third kappa shape index (κ3) is 1.14. The van der Waals surface area contributed by atoms with E-state index >= 15 is 0 Å². The van der Waals surface area contributed by atoms with Crippen molar-refractivity contribution >= 4 is 0 Å². The van der Waals surface area contributed by atoms with Crippen LogP contribution in [0.4, 0.5) is 0 Å². The molecule has 1 aliphatic carbocycles. The Balaban J connectivity index is 2.52. The van der Waals surface area contributed by atoms with E-state index in [2.05, 4.69) is 15.7 Å². The van der Waals surface area contributed by atoms with E-state index in [1.54, 1.807) is 6.19 Å². The van der Waals surface area contributed by atoms with Gasteiger partial charge in [-0.15, -0.1) is 5.43 Å². The highest BCUT2D eigenvalue weighted by atomic mass is 16.3. The van der Waals surface area contributed by atoms with Gasteiger partial charge in [0.25, 0.3) is 0 Å². The molecule has 0 saturated heterocycles. The van der Waals surface area contributed by atoms with Gasteiger partial charge in [-0.2, -0.15) is 16.8 Å². The topological polar surface area (TPSA) is 92.7 Å². The number of aliphatic hydroxyl groups excluding tert-OH is 2. The van der Waals surface area contributed by atoms with Crippen LogP contribution in [0.15, 0.2) is 0 Å². The van der Waals surface area contributed by atoms with Gasteiger partial charge in [0.1, 0.15) is 18.2 Å². The van der Waals surface area contributed by atoms with Crippen LogP contribution >= 0.6 is 0 Å². The fourth-order valence-electron chi connectivity index (χ4n) is 1.19. The molecule has 0 heterocycles. The number of nitriles is 1. The van der Waals surface area contributed by atoms with E-state index in [1.807, 2.05) is 0 Å². The van der Waals surface area contributed by atoms with Gasteiger partial charge in [-0.25, -0.2) is 0 Å². The summed E-state index contributed by atoms with van der Waals surface area (Å²) in [7, 11) is 0. The average Bonchev–Trinajstić information content (AvgIpc) is 2.10. The highest BCUT2D eigenvalue weighted by Crippen LogP contribution is 2.21. The molecule has 4 N–H and O–H groups in total. The van der Waals surface area contributed by atoms with Crippen LogP contribution in [0.3, 0.4) is 0 Å². The largest absolute Gasteiger partial charge is 0.388 e. The van der Waals surface area contributed by atoms with E-state index in [9.17, 15) is 0 Å². The summed E-state index contributed by atoms with van der Waals surface area (Å²) in [5.41, 5.74) is 2.27. The molecule has 6 heteroatoms. The minimum Gasteiger partial charge on any atom is -0.388 e. The minimum absolute atomic E-state index is 0.570. The third-order valence-electron chi connectivity index (χ3n) is 1.92. The van der Waals surface area contributed by atoms with Crippen molar-refractivity contribution in [1.82, 2.24) is 10.7 Å². The first-order chi connectivity index (χ1) is 5.72. The van der Waals surface area contributed by atoms with Gasteiger partial charge in [0, 0.05) is 0 Å². The van der Waals surface area contributed by atoms with Crippen LogP contribution in [0.5, 0.6) is 0 Å². The van der Waals surface area contributed by atoms with E-state index in [0.29, 0.717) is 0 Å². The predicted octanol–water partition coefficient (Wildman–Crippen LogP) is -2.05. The van der Waals surface area contributed by atoms with E-state index in [1.165, 1.54) is 0 Å². The highest BCUT2D eigenvalue weighted by molar-refractivity contribution is 5.09. The summed E-state index contributed by atoms with van der Waals surface area (Å²) in [6.07, 6.45) is -0.319. The summed E-state index contributed by atoms with van der Waals surface area (Å²) < 4.78 is 0. The lowest BCUT2D eigenvalue weighted by atomic mass is 9.80. The zero-order chi connectivity index (χ0) is 9.14. The molecule has 1 saturated carbocycles. The van der Waals surface area contributed by atoms with E-state index in [-0.39, 0.29) is 0 Å². The van der Waals surface area contributed by atoms with Gasteiger partial charge in [-0.1, -0.05) is 0 Å². The quantitative estimate of drug-likeness (QED) is 0.165. The summed E-state index contributed by atoms with van der Waals surface area (Å²) in [5.74, 6) is 0. The lowest BCUT2D eigenvalue weighted by Gasteiger charge is -2.42. The Morgan fingerprint density at radius 3 is 2.42 bits per heavy atom. The monoisotopic (exact) mass is 168 g/mol. The zero-order valence-electron chi connectivity index (χ0n) is 6.10. The van der Waals surface area contributed by atoms with Gasteiger partial charge < -0.3 is 15.5 Å². The Kier molecular flexibility index (Phi) is 2.34. The van der Waals surface area contributed by atoms with Crippen LogP contribution in [0.2, 0.25) is 0 Å². The summed E-state index contributed by atoms with van der Waals surface area (Å²) in [6, 6.07) is -1.14. The molecule has 4 atom stereocenters. The van der Waals surface area contributed by atoms with E-state index in [0.717, 1.165) is 0 Å². The first-order valence-electron chi connectivity index (χ1n) is 3.35. The van der Waals surface area contributed by atoms with Crippen molar-refractivity contribution in [2.75, 3.05) is 0 Å². The second-order valence-electron chi connectivity index (χ2n) is 2.53. The number of hydrogen-bond acceptors (Lipinski definition) is 5. The fraction of sp³-hybridized carbons (Fsp3) is 0.667. The van der Waals surface area contributed by atoms with Gasteiger partial charge in [0.15, 0.2) is 6.19 Å². The molecule has 0 amide bonds. The maximum atomic E-state index is 9.10. The first-order valence-corrected chi connectivity index (χ1v) is 3.35. The molecule has 1 fully saturated rings. The lowest BCUT2D eigenvalue weighted by Crippen LogP contribution is -2.72. The Morgan fingerprint density at radius 1 is 1.33 bits per heavy atom. The van der Waals surface area contributed by atoms with Crippen molar-refractivity contribution in [3.05, 3.63) is 11.5 Å². The molecule has 0 spiro atoms. The van der Waals surface area contributed by atoms with E-state index < -0.39 is 24.3 Å². The number of hydrogen-bond donors (Lipinski definition) is 4. The Labute approximate surface area is 69.2 Å². The van der Waals surface area contributed by atoms with E-state index in [4.69, 9.17) is 22.0 Å². The van der Waals surface area contributed by atoms with Gasteiger partial charge in [0.05, 0.1) is 6.04 Å². The number of nitrogens with zero attached hydrogens (tertiary/aromatic N) is 2. The molecule has 0 aromatic carbocycles. The van der Waals surface area contributed by atoms with Crippen LogP contribution in [0.1, 0.15) is 0 Å². The molecule has 0 aromatic rings.